The van der Waals surface area contributed by atoms with Gasteiger partial charge in [-0.25, -0.2) is 4.99 Å². The highest BCUT2D eigenvalue weighted by atomic mass is 127. The third-order valence-corrected chi connectivity index (χ3v) is 4.50. The van der Waals surface area contributed by atoms with Gasteiger partial charge in [0.25, 0.3) is 0 Å². The Labute approximate surface area is 183 Å². The number of nitrogens with one attached hydrogen (secondary N) is 2. The smallest absolute Gasteiger partial charge is 0.356 e. The zero-order valence-corrected chi connectivity index (χ0v) is 19.6. The van der Waals surface area contributed by atoms with E-state index in [1.807, 2.05) is 0 Å². The second-order valence-electron chi connectivity index (χ2n) is 7.78. The second-order valence-corrected chi connectivity index (χ2v) is 7.78. The fraction of sp³-hybridized carbons (Fsp3) is 0.889. The van der Waals surface area contributed by atoms with Crippen molar-refractivity contribution in [1.29, 1.82) is 0 Å². The van der Waals surface area contributed by atoms with Crippen LogP contribution in [0.4, 0.5) is 13.2 Å². The number of likely N-dealkylation sites (tertiary alicyclic amines) is 1. The Hall–Kier alpha value is -0.780. The maximum absolute atomic E-state index is 12.4. The monoisotopic (exact) mass is 521 g/mol. The summed E-state index contributed by atoms with van der Waals surface area (Å²) in [5, 5.41) is 6.46. The summed E-state index contributed by atoms with van der Waals surface area (Å²) in [5.41, 5.74) is 0. The largest absolute Gasteiger partial charge is 0.401 e. The molecule has 1 amide bonds. The SMILES string of the molecule is CC(C)CNC(=NCC(=O)N(C)C)NCCC1CCN(CC(F)(F)F)CC1.I. The molecule has 1 rings (SSSR count). The topological polar surface area (TPSA) is 60.0 Å². The number of aliphatic imine (C=N–C) groups is 1. The minimum absolute atomic E-state index is 0. The lowest BCUT2D eigenvalue weighted by Crippen LogP contribution is -2.42. The van der Waals surface area contributed by atoms with E-state index in [1.165, 1.54) is 9.80 Å². The number of hydrogen-bond acceptors (Lipinski definition) is 3. The molecule has 1 aliphatic heterocycles. The van der Waals surface area contributed by atoms with Gasteiger partial charge in [-0.05, 0) is 44.2 Å². The molecule has 6 nitrogen and oxygen atoms in total. The Kier molecular flexibility index (Phi) is 13.1. The summed E-state index contributed by atoms with van der Waals surface area (Å²) in [6.45, 7) is 5.86. The van der Waals surface area contributed by atoms with Gasteiger partial charge in [0.15, 0.2) is 5.96 Å². The van der Waals surface area contributed by atoms with Crippen LogP contribution in [0.25, 0.3) is 0 Å². The first-order valence-corrected chi connectivity index (χ1v) is 9.58. The lowest BCUT2D eigenvalue weighted by Gasteiger charge is -2.32. The first-order valence-electron chi connectivity index (χ1n) is 9.58. The molecule has 2 N–H and O–H groups in total. The van der Waals surface area contributed by atoms with Crippen molar-refractivity contribution < 1.29 is 18.0 Å². The van der Waals surface area contributed by atoms with Gasteiger partial charge in [-0.3, -0.25) is 9.69 Å². The summed E-state index contributed by atoms with van der Waals surface area (Å²) in [4.78, 5) is 19.0. The molecular weight excluding hydrogens is 486 g/mol. The van der Waals surface area contributed by atoms with Crippen LogP contribution in [0.5, 0.6) is 0 Å². The average Bonchev–Trinajstić information content (AvgIpc) is 2.56. The molecule has 0 spiro atoms. The highest BCUT2D eigenvalue weighted by molar-refractivity contribution is 14.0. The Balaban J connectivity index is 0.00000729. The minimum Gasteiger partial charge on any atom is -0.356 e. The Morgan fingerprint density at radius 2 is 1.82 bits per heavy atom. The van der Waals surface area contributed by atoms with Gasteiger partial charge in [0.1, 0.15) is 6.54 Å². The quantitative estimate of drug-likeness (QED) is 0.293. The lowest BCUT2D eigenvalue weighted by molar-refractivity contribution is -0.148. The molecule has 0 bridgehead atoms. The summed E-state index contributed by atoms with van der Waals surface area (Å²) in [5.74, 6) is 1.39. The summed E-state index contributed by atoms with van der Waals surface area (Å²) in [7, 11) is 3.38. The van der Waals surface area contributed by atoms with E-state index in [-0.39, 0.29) is 36.4 Å². The molecule has 1 fully saturated rings. The molecule has 1 heterocycles. The van der Waals surface area contributed by atoms with Crippen molar-refractivity contribution in [3.63, 3.8) is 0 Å². The predicted octanol–water partition coefficient (Wildman–Crippen LogP) is 2.55. The van der Waals surface area contributed by atoms with Crippen LogP contribution in [-0.4, -0.2) is 81.2 Å². The van der Waals surface area contributed by atoms with Crippen LogP contribution in [0, 0.1) is 11.8 Å². The van der Waals surface area contributed by atoms with Gasteiger partial charge >= 0.3 is 6.18 Å². The summed E-state index contributed by atoms with van der Waals surface area (Å²) in [6.07, 6.45) is -1.68. The molecule has 0 aliphatic carbocycles. The molecule has 28 heavy (non-hydrogen) atoms. The van der Waals surface area contributed by atoms with Crippen molar-refractivity contribution >= 4 is 35.8 Å². The number of nitrogens with zero attached hydrogens (tertiary/aromatic N) is 3. The summed E-state index contributed by atoms with van der Waals surface area (Å²) < 4.78 is 37.3. The first kappa shape index (κ1) is 27.2. The van der Waals surface area contributed by atoms with Crippen molar-refractivity contribution in [2.75, 3.05) is 53.4 Å². The van der Waals surface area contributed by atoms with E-state index in [0.29, 0.717) is 37.4 Å². The molecular formula is C18H35F3IN5O. The maximum atomic E-state index is 12.4. The van der Waals surface area contributed by atoms with Gasteiger partial charge in [-0.1, -0.05) is 13.8 Å². The molecule has 0 atom stereocenters. The number of halogens is 4. The van der Waals surface area contributed by atoms with E-state index < -0.39 is 12.7 Å². The molecule has 0 unspecified atom stereocenters. The minimum atomic E-state index is -4.12. The molecule has 0 aromatic heterocycles. The number of carbonyl (C=O) groups excluding carboxylic acids is 1. The highest BCUT2D eigenvalue weighted by Gasteiger charge is 2.32. The molecule has 166 valence electrons. The molecule has 0 saturated carbocycles. The summed E-state index contributed by atoms with van der Waals surface area (Å²) >= 11 is 0. The van der Waals surface area contributed by atoms with Gasteiger partial charge in [0.2, 0.25) is 5.91 Å². The van der Waals surface area contributed by atoms with Gasteiger partial charge in [-0.2, -0.15) is 13.2 Å². The number of alkyl halides is 3. The van der Waals surface area contributed by atoms with Gasteiger partial charge in [0, 0.05) is 27.2 Å². The van der Waals surface area contributed by atoms with Crippen molar-refractivity contribution in [3.8, 4) is 0 Å². The van der Waals surface area contributed by atoms with Crippen LogP contribution in [-0.2, 0) is 4.79 Å². The van der Waals surface area contributed by atoms with Crippen LogP contribution in [0.1, 0.15) is 33.1 Å². The number of piperidine rings is 1. The average molecular weight is 521 g/mol. The van der Waals surface area contributed by atoms with Crippen molar-refractivity contribution in [2.24, 2.45) is 16.8 Å². The first-order chi connectivity index (χ1) is 12.6. The van der Waals surface area contributed by atoms with E-state index in [1.54, 1.807) is 14.1 Å². The Morgan fingerprint density at radius 3 is 2.32 bits per heavy atom. The summed E-state index contributed by atoms with van der Waals surface area (Å²) in [6, 6.07) is 0. The second kappa shape index (κ2) is 13.4. The normalized spacial score (nSPS) is 16.6. The van der Waals surface area contributed by atoms with Gasteiger partial charge in [0.05, 0.1) is 6.54 Å². The standard InChI is InChI=1S/C18H34F3N5O.HI/c1-14(2)11-23-17(24-12-16(27)25(3)4)22-8-5-15-6-9-26(10-7-15)13-18(19,20)21;/h14-15H,5-13H2,1-4H3,(H2,22,23,24);1H. The predicted molar refractivity (Wildman–Crippen MR) is 117 cm³/mol. The van der Waals surface area contributed by atoms with E-state index in [2.05, 4.69) is 29.5 Å². The number of amides is 1. The zero-order valence-electron chi connectivity index (χ0n) is 17.3. The van der Waals surface area contributed by atoms with Crippen LogP contribution >= 0.6 is 24.0 Å². The molecule has 0 aromatic rings. The Morgan fingerprint density at radius 1 is 1.21 bits per heavy atom. The number of likely N-dealkylation sites (N-methyl/N-ethyl adjacent to an activating group) is 1. The van der Waals surface area contributed by atoms with E-state index >= 15 is 0 Å². The van der Waals surface area contributed by atoms with Crippen LogP contribution in [0.2, 0.25) is 0 Å². The van der Waals surface area contributed by atoms with E-state index in [0.717, 1.165) is 25.8 Å². The number of rotatable bonds is 8. The Bertz CT molecular complexity index is 478. The molecule has 1 aliphatic rings. The van der Waals surface area contributed by atoms with Crippen molar-refractivity contribution in [2.45, 2.75) is 39.3 Å². The van der Waals surface area contributed by atoms with Crippen LogP contribution in [0.15, 0.2) is 4.99 Å². The lowest BCUT2D eigenvalue weighted by atomic mass is 9.93. The van der Waals surface area contributed by atoms with E-state index in [4.69, 9.17) is 0 Å². The molecule has 1 saturated heterocycles. The van der Waals surface area contributed by atoms with Crippen molar-refractivity contribution in [3.05, 3.63) is 0 Å². The van der Waals surface area contributed by atoms with E-state index in [9.17, 15) is 18.0 Å². The molecule has 0 radical (unpaired) electrons. The number of carbonyl (C=O) groups is 1. The fourth-order valence-corrected chi connectivity index (χ4v) is 2.84. The fourth-order valence-electron chi connectivity index (χ4n) is 2.84. The van der Waals surface area contributed by atoms with Crippen molar-refractivity contribution in [1.82, 2.24) is 20.4 Å². The van der Waals surface area contributed by atoms with Gasteiger partial charge < -0.3 is 15.5 Å². The number of guanidine groups is 1. The zero-order chi connectivity index (χ0) is 20.4. The maximum Gasteiger partial charge on any atom is 0.401 e. The molecule has 10 heteroatoms. The highest BCUT2D eigenvalue weighted by Crippen LogP contribution is 2.23. The molecule has 0 aromatic carbocycles. The number of hydrogen-bond donors (Lipinski definition) is 2. The van der Waals surface area contributed by atoms with Gasteiger partial charge in [-0.15, -0.1) is 24.0 Å². The van der Waals surface area contributed by atoms with Crippen LogP contribution in [0.3, 0.4) is 0 Å². The third kappa shape index (κ3) is 12.6. The van der Waals surface area contributed by atoms with Crippen LogP contribution < -0.4 is 10.6 Å². The third-order valence-electron chi connectivity index (χ3n) is 4.50.